The highest BCUT2D eigenvalue weighted by Gasteiger charge is 2.26. The molecule has 0 radical (unpaired) electrons. The summed E-state index contributed by atoms with van der Waals surface area (Å²) in [6, 6.07) is 33.0. The smallest absolute Gasteiger partial charge is 0.308 e. The van der Waals surface area contributed by atoms with Crippen molar-refractivity contribution in [1.29, 1.82) is 0 Å². The molecule has 0 bridgehead atoms. The number of nitrogens with zero attached hydrogens (tertiary/aromatic N) is 1. The maximum Gasteiger partial charge on any atom is 0.308 e. The Kier molecular flexibility index (Phi) is 9.43. The molecule has 6 nitrogen and oxygen atoms in total. The molecule has 0 amide bonds. The maximum absolute atomic E-state index is 11.8. The molecule has 0 aliphatic heterocycles. The molecule has 1 saturated carbocycles. The molecule has 206 valence electrons. The van der Waals surface area contributed by atoms with E-state index in [9.17, 15) is 4.79 Å². The number of carbonyl (C=O) groups is 1. The van der Waals surface area contributed by atoms with Gasteiger partial charge in [0.05, 0.1) is 13.0 Å². The molecule has 1 aliphatic rings. The predicted molar refractivity (Wildman–Crippen MR) is 156 cm³/mol. The van der Waals surface area contributed by atoms with Crippen molar-refractivity contribution in [1.82, 2.24) is 10.3 Å². The zero-order chi connectivity index (χ0) is 27.6. The topological polar surface area (TPSA) is 69.7 Å². The van der Waals surface area contributed by atoms with Gasteiger partial charge in [-0.25, -0.2) is 0 Å². The molecule has 0 spiro atoms. The Hall–Kier alpha value is -4.16. The summed E-state index contributed by atoms with van der Waals surface area (Å²) in [5.74, 6) is 1.04. The van der Waals surface area contributed by atoms with Gasteiger partial charge in [0.15, 0.2) is 0 Å². The van der Waals surface area contributed by atoms with Crippen molar-refractivity contribution in [3.8, 4) is 22.9 Å². The number of pyridine rings is 1. The Bertz CT molecular complexity index is 1350. The van der Waals surface area contributed by atoms with Crippen molar-refractivity contribution in [3.63, 3.8) is 0 Å². The SMILES string of the molecule is COC(=O)C1CCC(NCc2ccc(-c3ccc(OCc4ccccc4)nc3OCc3ccccc3)cc2)CC1. The van der Waals surface area contributed by atoms with Crippen molar-refractivity contribution < 1.29 is 19.0 Å². The van der Waals surface area contributed by atoms with Gasteiger partial charge in [0.1, 0.15) is 13.2 Å². The summed E-state index contributed by atoms with van der Waals surface area (Å²) in [6.07, 6.45) is 3.74. The molecule has 1 heterocycles. The number of hydrogen-bond acceptors (Lipinski definition) is 6. The van der Waals surface area contributed by atoms with Gasteiger partial charge in [-0.3, -0.25) is 4.79 Å². The first-order valence-electron chi connectivity index (χ1n) is 13.9. The Morgan fingerprint density at radius 1 is 0.750 bits per heavy atom. The molecule has 6 heteroatoms. The lowest BCUT2D eigenvalue weighted by atomic mass is 9.86. The van der Waals surface area contributed by atoms with Crippen LogP contribution in [-0.2, 0) is 29.3 Å². The molecule has 1 N–H and O–H groups in total. The molecule has 0 unspecified atom stereocenters. The molecule has 1 fully saturated rings. The Morgan fingerprint density at radius 3 is 2.00 bits per heavy atom. The highest BCUT2D eigenvalue weighted by molar-refractivity contribution is 5.72. The Labute approximate surface area is 236 Å². The Balaban J connectivity index is 1.24. The summed E-state index contributed by atoms with van der Waals surface area (Å²) in [5, 5.41) is 3.65. The normalized spacial score (nSPS) is 16.7. The minimum atomic E-state index is -0.0774. The van der Waals surface area contributed by atoms with Gasteiger partial charge in [-0.05, 0) is 54.0 Å². The van der Waals surface area contributed by atoms with Crippen molar-refractivity contribution in [2.24, 2.45) is 5.92 Å². The predicted octanol–water partition coefficient (Wildman–Crippen LogP) is 6.73. The van der Waals surface area contributed by atoms with Crippen molar-refractivity contribution in [2.75, 3.05) is 7.11 Å². The van der Waals surface area contributed by atoms with Crippen LogP contribution in [0.25, 0.3) is 11.1 Å². The lowest BCUT2D eigenvalue weighted by molar-refractivity contribution is -0.146. The van der Waals surface area contributed by atoms with E-state index in [0.29, 0.717) is 31.0 Å². The fourth-order valence-electron chi connectivity index (χ4n) is 5.06. The van der Waals surface area contributed by atoms with E-state index >= 15 is 0 Å². The van der Waals surface area contributed by atoms with E-state index in [-0.39, 0.29) is 11.9 Å². The number of esters is 1. The van der Waals surface area contributed by atoms with Crippen LogP contribution in [0.1, 0.15) is 42.4 Å². The van der Waals surface area contributed by atoms with Gasteiger partial charge in [-0.2, -0.15) is 4.98 Å². The number of rotatable bonds is 11. The van der Waals surface area contributed by atoms with Gasteiger partial charge in [-0.15, -0.1) is 0 Å². The van der Waals surface area contributed by atoms with Crippen molar-refractivity contribution in [3.05, 3.63) is 114 Å². The quantitative estimate of drug-likeness (QED) is 0.214. The van der Waals surface area contributed by atoms with E-state index in [1.807, 2.05) is 72.8 Å². The highest BCUT2D eigenvalue weighted by atomic mass is 16.5. The van der Waals surface area contributed by atoms with E-state index in [0.717, 1.165) is 54.5 Å². The van der Waals surface area contributed by atoms with E-state index < -0.39 is 0 Å². The molecule has 0 saturated heterocycles. The van der Waals surface area contributed by atoms with Gasteiger partial charge in [-0.1, -0.05) is 84.9 Å². The van der Waals surface area contributed by atoms with Crippen LogP contribution in [-0.4, -0.2) is 24.1 Å². The number of carbonyl (C=O) groups excluding carboxylic acids is 1. The van der Waals surface area contributed by atoms with E-state index in [1.54, 1.807) is 0 Å². The minimum absolute atomic E-state index is 0.0457. The third-order valence-electron chi connectivity index (χ3n) is 7.40. The summed E-state index contributed by atoms with van der Waals surface area (Å²) in [5.41, 5.74) is 5.33. The van der Waals surface area contributed by atoms with Crippen LogP contribution in [0.15, 0.2) is 97.1 Å². The molecule has 0 atom stereocenters. The number of methoxy groups -OCH3 is 1. The summed E-state index contributed by atoms with van der Waals surface area (Å²) in [6.45, 7) is 1.65. The second-order valence-corrected chi connectivity index (χ2v) is 10.2. The monoisotopic (exact) mass is 536 g/mol. The highest BCUT2D eigenvalue weighted by Crippen LogP contribution is 2.32. The second kappa shape index (κ2) is 13.8. The lowest BCUT2D eigenvalue weighted by Crippen LogP contribution is -2.34. The summed E-state index contributed by atoms with van der Waals surface area (Å²) < 4.78 is 17.1. The number of nitrogens with one attached hydrogen (secondary N) is 1. The van der Waals surface area contributed by atoms with Gasteiger partial charge in [0.25, 0.3) is 0 Å². The average molecular weight is 537 g/mol. The van der Waals surface area contributed by atoms with E-state index in [1.165, 1.54) is 12.7 Å². The first-order valence-corrected chi connectivity index (χ1v) is 13.9. The van der Waals surface area contributed by atoms with Crippen molar-refractivity contribution in [2.45, 2.75) is 51.5 Å². The fourth-order valence-corrected chi connectivity index (χ4v) is 5.06. The second-order valence-electron chi connectivity index (χ2n) is 10.2. The van der Waals surface area contributed by atoms with Gasteiger partial charge in [0, 0.05) is 24.2 Å². The van der Waals surface area contributed by atoms with Crippen LogP contribution in [0.2, 0.25) is 0 Å². The van der Waals surface area contributed by atoms with Gasteiger partial charge < -0.3 is 19.5 Å². The largest absolute Gasteiger partial charge is 0.473 e. The molecular weight excluding hydrogens is 500 g/mol. The minimum Gasteiger partial charge on any atom is -0.473 e. The van der Waals surface area contributed by atoms with Crippen LogP contribution in [0.3, 0.4) is 0 Å². The standard InChI is InChI=1S/C34H36N2O4/c1-38-34(37)29-16-18-30(19-17-29)35-22-25-12-14-28(15-13-25)31-20-21-32(39-23-26-8-4-2-5-9-26)36-33(31)40-24-27-10-6-3-7-11-27/h2-15,20-21,29-30,35H,16-19,22-24H2,1H3. The number of aromatic nitrogens is 1. The molecule has 40 heavy (non-hydrogen) atoms. The number of benzene rings is 3. The molecule has 1 aliphatic carbocycles. The maximum atomic E-state index is 11.8. The van der Waals surface area contributed by atoms with Gasteiger partial charge >= 0.3 is 5.97 Å². The number of hydrogen-bond donors (Lipinski definition) is 1. The first-order chi connectivity index (χ1) is 19.7. The third-order valence-corrected chi connectivity index (χ3v) is 7.40. The number of ether oxygens (including phenoxy) is 3. The van der Waals surface area contributed by atoms with Crippen LogP contribution in [0.4, 0.5) is 0 Å². The fraction of sp³-hybridized carbons (Fsp3) is 0.294. The van der Waals surface area contributed by atoms with Crippen molar-refractivity contribution >= 4 is 5.97 Å². The summed E-state index contributed by atoms with van der Waals surface area (Å²) in [7, 11) is 1.47. The molecule has 3 aromatic carbocycles. The summed E-state index contributed by atoms with van der Waals surface area (Å²) in [4.78, 5) is 16.5. The zero-order valence-electron chi connectivity index (χ0n) is 22.9. The molecule has 5 rings (SSSR count). The molecular formula is C34H36N2O4. The first kappa shape index (κ1) is 27.4. The van der Waals surface area contributed by atoms with Crippen LogP contribution < -0.4 is 14.8 Å². The zero-order valence-corrected chi connectivity index (χ0v) is 22.9. The molecule has 4 aromatic rings. The molecule has 1 aromatic heterocycles. The van der Waals surface area contributed by atoms with Crippen LogP contribution in [0.5, 0.6) is 11.8 Å². The van der Waals surface area contributed by atoms with Gasteiger partial charge in [0.2, 0.25) is 11.8 Å². The van der Waals surface area contributed by atoms with E-state index in [2.05, 4.69) is 29.6 Å². The van der Waals surface area contributed by atoms with Crippen LogP contribution >= 0.6 is 0 Å². The summed E-state index contributed by atoms with van der Waals surface area (Å²) >= 11 is 0. The van der Waals surface area contributed by atoms with Crippen LogP contribution in [0, 0.1) is 5.92 Å². The average Bonchev–Trinajstić information content (AvgIpc) is 3.03. The van der Waals surface area contributed by atoms with E-state index in [4.69, 9.17) is 19.2 Å². The Morgan fingerprint density at radius 2 is 1.38 bits per heavy atom. The third kappa shape index (κ3) is 7.48. The lowest BCUT2D eigenvalue weighted by Gasteiger charge is -2.27.